The molecule has 0 aromatic rings. The summed E-state index contributed by atoms with van der Waals surface area (Å²) >= 11 is 0. The number of hydrogen-bond acceptors (Lipinski definition) is 5. The minimum Gasteiger partial charge on any atom is -0.466 e. The summed E-state index contributed by atoms with van der Waals surface area (Å²) < 4.78 is 5.71. The van der Waals surface area contributed by atoms with Crippen molar-refractivity contribution in [2.24, 2.45) is 11.3 Å². The Kier molecular flexibility index (Phi) is 31.7. The number of aliphatic hydroxyl groups is 1. The highest BCUT2D eigenvalue weighted by Crippen LogP contribution is 2.27. The molecule has 5 heteroatoms. The number of aliphatic hydroxyl groups excluding tert-OH is 1. The van der Waals surface area contributed by atoms with E-state index in [2.05, 4.69) is 70.2 Å². The maximum atomic E-state index is 12.6. The highest BCUT2D eigenvalue weighted by molar-refractivity contribution is 5.69. The summed E-state index contributed by atoms with van der Waals surface area (Å²) in [7, 11) is 0. The first kappa shape index (κ1) is 47.7. The van der Waals surface area contributed by atoms with Crippen LogP contribution in [0.25, 0.3) is 0 Å². The molecule has 0 fully saturated rings. The zero-order chi connectivity index (χ0) is 36.6. The van der Waals surface area contributed by atoms with Crippen LogP contribution < -0.4 is 0 Å². The van der Waals surface area contributed by atoms with Crippen LogP contribution in [0.1, 0.15) is 203 Å². The fourth-order valence-corrected chi connectivity index (χ4v) is 7.08. The molecule has 0 heterocycles. The number of ether oxygens (including phenoxy) is 1. The van der Waals surface area contributed by atoms with Gasteiger partial charge in [0.1, 0.15) is 0 Å². The van der Waals surface area contributed by atoms with Crippen LogP contribution in [-0.2, 0) is 9.53 Å². The fraction of sp³-hybridized carbons (Fsp3) is 0.886. The number of unbranched alkanes of at least 4 members (excludes halogenated alkanes) is 16. The molecule has 0 aliphatic heterocycles. The molecule has 0 aromatic heterocycles. The predicted octanol–water partition coefficient (Wildman–Crippen LogP) is 12.6. The lowest BCUT2D eigenvalue weighted by atomic mass is 9.84. The molecular formula is C44H86N2O3. The molecule has 0 aliphatic carbocycles. The molecule has 0 aliphatic rings. The second kappa shape index (κ2) is 32.6. The van der Waals surface area contributed by atoms with Crippen molar-refractivity contribution in [1.29, 1.82) is 0 Å². The molecule has 0 radical (unpaired) electrons. The largest absolute Gasteiger partial charge is 0.466 e. The zero-order valence-electron chi connectivity index (χ0n) is 34.1. The van der Waals surface area contributed by atoms with Crippen LogP contribution in [-0.4, -0.2) is 59.3 Å². The van der Waals surface area contributed by atoms with Gasteiger partial charge in [0.15, 0.2) is 0 Å². The first-order chi connectivity index (χ1) is 23.6. The van der Waals surface area contributed by atoms with Gasteiger partial charge >= 0.3 is 5.97 Å². The van der Waals surface area contributed by atoms with Gasteiger partial charge < -0.3 is 14.7 Å². The molecule has 0 amide bonds. The molecule has 5 nitrogen and oxygen atoms in total. The van der Waals surface area contributed by atoms with Crippen molar-refractivity contribution in [3.05, 3.63) is 25.1 Å². The number of carbonyl (C=O) groups is 1. The molecule has 0 saturated heterocycles. The molecule has 0 saturated carbocycles. The summed E-state index contributed by atoms with van der Waals surface area (Å²) in [6, 6.07) is 0.285. The van der Waals surface area contributed by atoms with E-state index in [-0.39, 0.29) is 23.5 Å². The molecule has 0 rings (SSSR count). The maximum absolute atomic E-state index is 12.6. The van der Waals surface area contributed by atoms with E-state index in [1.165, 1.54) is 96.3 Å². The SMILES string of the molecule is C=CN(/C=C\C)CC(N(CCCCCCOC(=O)CC(CCCC)CCCCCC)CC(O)CCCCCCCCCCCC)C(C)(C)C. The van der Waals surface area contributed by atoms with Gasteiger partial charge in [-0.1, -0.05) is 170 Å². The van der Waals surface area contributed by atoms with Crippen molar-refractivity contribution in [3.63, 3.8) is 0 Å². The molecule has 0 aromatic carbocycles. The van der Waals surface area contributed by atoms with E-state index in [1.54, 1.807) is 0 Å². The van der Waals surface area contributed by atoms with Crippen molar-refractivity contribution in [2.75, 3.05) is 26.2 Å². The van der Waals surface area contributed by atoms with E-state index in [4.69, 9.17) is 4.74 Å². The van der Waals surface area contributed by atoms with Crippen LogP contribution in [0.15, 0.2) is 25.1 Å². The number of nitrogens with zero attached hydrogens (tertiary/aromatic N) is 2. The monoisotopic (exact) mass is 691 g/mol. The van der Waals surface area contributed by atoms with Crippen LogP contribution in [0.3, 0.4) is 0 Å². The Morgan fingerprint density at radius 2 is 1.22 bits per heavy atom. The van der Waals surface area contributed by atoms with E-state index < -0.39 is 0 Å². The first-order valence-corrected chi connectivity index (χ1v) is 21.2. The van der Waals surface area contributed by atoms with Gasteiger partial charge in [0.25, 0.3) is 0 Å². The lowest BCUT2D eigenvalue weighted by Crippen LogP contribution is -2.52. The summed E-state index contributed by atoms with van der Waals surface area (Å²) in [6.07, 6.45) is 34.4. The van der Waals surface area contributed by atoms with Crippen molar-refractivity contribution in [3.8, 4) is 0 Å². The highest BCUT2D eigenvalue weighted by Gasteiger charge is 2.32. The van der Waals surface area contributed by atoms with Gasteiger partial charge in [-0.3, -0.25) is 9.69 Å². The fourth-order valence-electron chi connectivity index (χ4n) is 7.08. The smallest absolute Gasteiger partial charge is 0.306 e. The van der Waals surface area contributed by atoms with Gasteiger partial charge in [-0.2, -0.15) is 0 Å². The number of rotatable bonds is 35. The molecule has 0 spiro atoms. The highest BCUT2D eigenvalue weighted by atomic mass is 16.5. The maximum Gasteiger partial charge on any atom is 0.306 e. The molecule has 0 bridgehead atoms. The third kappa shape index (κ3) is 28.0. The van der Waals surface area contributed by atoms with Crippen molar-refractivity contribution in [2.45, 2.75) is 215 Å². The van der Waals surface area contributed by atoms with Crippen LogP contribution in [0.2, 0.25) is 0 Å². The lowest BCUT2D eigenvalue weighted by molar-refractivity contribution is -0.145. The normalized spacial score (nSPS) is 14.0. The Morgan fingerprint density at radius 1 is 0.714 bits per heavy atom. The topological polar surface area (TPSA) is 53.0 Å². The van der Waals surface area contributed by atoms with Crippen molar-refractivity contribution >= 4 is 5.97 Å². The Morgan fingerprint density at radius 3 is 1.80 bits per heavy atom. The van der Waals surface area contributed by atoms with Gasteiger partial charge in [-0.05, 0) is 69.3 Å². The number of allylic oxidation sites excluding steroid dienone is 1. The van der Waals surface area contributed by atoms with Crippen LogP contribution in [0.4, 0.5) is 0 Å². The second-order valence-corrected chi connectivity index (χ2v) is 16.1. The summed E-state index contributed by atoms with van der Waals surface area (Å²) in [5.41, 5.74) is 0.0544. The third-order valence-corrected chi connectivity index (χ3v) is 10.2. The van der Waals surface area contributed by atoms with Crippen LogP contribution in [0, 0.1) is 11.3 Å². The standard InChI is InChI=1S/C44H86N2O3/c1-9-14-17-19-20-21-22-23-24-28-33-41(47)38-46(42(44(6,7)8)39-45(13-5)34-12-4)35-29-25-26-30-36-49-43(48)37-40(31-16-11-3)32-27-18-15-10-2/h12-13,34,40-42,47H,5,9-11,14-33,35-39H2,1-4,6-8H3/b34-12-. The summed E-state index contributed by atoms with van der Waals surface area (Å²) in [4.78, 5) is 17.4. The second-order valence-electron chi connectivity index (χ2n) is 16.1. The Hall–Kier alpha value is -1.33. The van der Waals surface area contributed by atoms with Gasteiger partial charge in [0, 0.05) is 25.6 Å². The Bertz CT molecular complexity index is 777. The zero-order valence-corrected chi connectivity index (χ0v) is 34.1. The minimum atomic E-state index is -0.301. The average Bonchev–Trinajstić information content (AvgIpc) is 3.06. The van der Waals surface area contributed by atoms with Gasteiger partial charge in [0.2, 0.25) is 0 Å². The summed E-state index contributed by atoms with van der Waals surface area (Å²) in [5.74, 6) is 0.483. The van der Waals surface area contributed by atoms with E-state index in [9.17, 15) is 9.90 Å². The van der Waals surface area contributed by atoms with Gasteiger partial charge in [-0.15, -0.1) is 0 Å². The molecule has 1 N–H and O–H groups in total. The third-order valence-electron chi connectivity index (χ3n) is 10.2. The summed E-state index contributed by atoms with van der Waals surface area (Å²) in [5, 5.41) is 11.2. The van der Waals surface area contributed by atoms with E-state index >= 15 is 0 Å². The lowest BCUT2D eigenvalue weighted by Gasteiger charge is -2.43. The molecule has 49 heavy (non-hydrogen) atoms. The summed E-state index contributed by atoms with van der Waals surface area (Å²) in [6.45, 7) is 22.9. The van der Waals surface area contributed by atoms with E-state index in [1.807, 2.05) is 13.1 Å². The number of carbonyl (C=O) groups excluding carboxylic acids is 1. The van der Waals surface area contributed by atoms with Gasteiger partial charge in [0.05, 0.1) is 12.7 Å². The Balaban J connectivity index is 4.86. The molecule has 3 unspecified atom stereocenters. The van der Waals surface area contributed by atoms with Crippen molar-refractivity contribution in [1.82, 2.24) is 9.80 Å². The quantitative estimate of drug-likeness (QED) is 0.0530. The molecular weight excluding hydrogens is 604 g/mol. The van der Waals surface area contributed by atoms with Crippen molar-refractivity contribution < 1.29 is 14.6 Å². The molecule has 3 atom stereocenters. The van der Waals surface area contributed by atoms with E-state index in [0.717, 1.165) is 71.0 Å². The first-order valence-electron chi connectivity index (χ1n) is 21.2. The number of hydrogen-bond donors (Lipinski definition) is 1. The molecule has 290 valence electrons. The van der Waals surface area contributed by atoms with Gasteiger partial charge in [-0.25, -0.2) is 0 Å². The Labute approximate surface area is 307 Å². The van der Waals surface area contributed by atoms with Crippen LogP contribution >= 0.6 is 0 Å². The van der Waals surface area contributed by atoms with Crippen LogP contribution in [0.5, 0.6) is 0 Å². The predicted molar refractivity (Wildman–Crippen MR) is 215 cm³/mol. The number of esters is 1. The van der Waals surface area contributed by atoms with E-state index in [0.29, 0.717) is 18.9 Å². The minimum absolute atomic E-state index is 0.0000806. The average molecular weight is 691 g/mol.